The number of carbonyl (C=O) groups excluding carboxylic acids is 1. The van der Waals surface area contributed by atoms with Gasteiger partial charge in [0.25, 0.3) is 0 Å². The Labute approximate surface area is 175 Å². The van der Waals surface area contributed by atoms with Crippen LogP contribution in [0.15, 0.2) is 18.3 Å². The number of hydrogen-bond donors (Lipinski definition) is 2. The first-order valence-electron chi connectivity index (χ1n) is 9.98. The first kappa shape index (κ1) is 22.0. The SMILES string of the molecule is COc1cnc2c(N(C)[C@H]3CCC(NC(=O)OC(C)(C)C)C[C@H]3O)c(F)ccc2n1. The van der Waals surface area contributed by atoms with Crippen LogP contribution in [0.2, 0.25) is 0 Å². The fraction of sp³-hybridized carbons (Fsp3) is 0.571. The number of amides is 1. The lowest BCUT2D eigenvalue weighted by Crippen LogP contribution is -2.51. The van der Waals surface area contributed by atoms with E-state index in [-0.39, 0.29) is 17.8 Å². The van der Waals surface area contributed by atoms with Gasteiger partial charge in [-0.3, -0.25) is 0 Å². The summed E-state index contributed by atoms with van der Waals surface area (Å²) in [5, 5.41) is 13.6. The summed E-state index contributed by atoms with van der Waals surface area (Å²) in [6, 6.07) is 2.35. The zero-order valence-electron chi connectivity index (χ0n) is 18.0. The van der Waals surface area contributed by atoms with Gasteiger partial charge in [0.05, 0.1) is 31.0 Å². The number of likely N-dealkylation sites (N-methyl/N-ethyl adjacent to an activating group) is 1. The number of alkyl carbamates (subject to hydrolysis) is 1. The molecule has 8 nitrogen and oxygen atoms in total. The lowest BCUT2D eigenvalue weighted by Gasteiger charge is -2.40. The Kier molecular flexibility index (Phi) is 6.30. The van der Waals surface area contributed by atoms with E-state index in [2.05, 4.69) is 15.3 Å². The van der Waals surface area contributed by atoms with Gasteiger partial charge in [-0.15, -0.1) is 0 Å². The van der Waals surface area contributed by atoms with Crippen LogP contribution in [0, 0.1) is 5.82 Å². The second-order valence-electron chi connectivity index (χ2n) is 8.58. The molecule has 0 bridgehead atoms. The van der Waals surface area contributed by atoms with E-state index in [0.29, 0.717) is 36.2 Å². The zero-order valence-corrected chi connectivity index (χ0v) is 18.0. The summed E-state index contributed by atoms with van der Waals surface area (Å²) in [4.78, 5) is 22.4. The third-order valence-electron chi connectivity index (χ3n) is 5.18. The van der Waals surface area contributed by atoms with Gasteiger partial charge in [0, 0.05) is 13.1 Å². The molecule has 3 rings (SSSR count). The molecule has 0 aliphatic heterocycles. The van der Waals surface area contributed by atoms with Crippen molar-refractivity contribution in [2.45, 2.75) is 63.8 Å². The van der Waals surface area contributed by atoms with Crippen molar-refractivity contribution in [2.24, 2.45) is 0 Å². The van der Waals surface area contributed by atoms with Crippen LogP contribution >= 0.6 is 0 Å². The Hall–Kier alpha value is -2.68. The van der Waals surface area contributed by atoms with E-state index in [0.717, 1.165) is 0 Å². The van der Waals surface area contributed by atoms with E-state index < -0.39 is 23.6 Å². The number of aliphatic hydroxyl groups is 1. The highest BCUT2D eigenvalue weighted by Crippen LogP contribution is 2.33. The molecule has 2 aromatic rings. The van der Waals surface area contributed by atoms with Gasteiger partial charge in [-0.05, 0) is 52.2 Å². The highest BCUT2D eigenvalue weighted by molar-refractivity contribution is 5.88. The maximum atomic E-state index is 14.7. The highest BCUT2D eigenvalue weighted by atomic mass is 19.1. The molecule has 164 valence electrons. The van der Waals surface area contributed by atoms with Crippen molar-refractivity contribution in [1.29, 1.82) is 0 Å². The van der Waals surface area contributed by atoms with Crippen molar-refractivity contribution in [3.05, 3.63) is 24.1 Å². The number of hydrogen-bond acceptors (Lipinski definition) is 7. The molecule has 3 atom stereocenters. The van der Waals surface area contributed by atoms with E-state index >= 15 is 0 Å². The van der Waals surface area contributed by atoms with Gasteiger partial charge in [0.2, 0.25) is 5.88 Å². The van der Waals surface area contributed by atoms with Gasteiger partial charge in [-0.25, -0.2) is 19.2 Å². The second-order valence-corrected chi connectivity index (χ2v) is 8.58. The number of nitrogens with zero attached hydrogens (tertiary/aromatic N) is 3. The predicted octanol–water partition coefficient (Wildman–Crippen LogP) is 3.02. The summed E-state index contributed by atoms with van der Waals surface area (Å²) in [5.74, 6) is -0.0952. The lowest BCUT2D eigenvalue weighted by atomic mass is 9.87. The number of nitrogens with one attached hydrogen (secondary N) is 1. The number of ether oxygens (including phenoxy) is 2. The number of aliphatic hydroxyl groups excluding tert-OH is 1. The molecule has 9 heteroatoms. The molecule has 0 saturated heterocycles. The van der Waals surface area contributed by atoms with Crippen LogP contribution in [0.25, 0.3) is 11.0 Å². The quantitative estimate of drug-likeness (QED) is 0.785. The van der Waals surface area contributed by atoms with E-state index in [1.807, 2.05) is 0 Å². The molecule has 1 amide bonds. The molecule has 1 aliphatic rings. The summed E-state index contributed by atoms with van der Waals surface area (Å²) in [5.41, 5.74) is 0.604. The maximum Gasteiger partial charge on any atom is 0.407 e. The molecule has 1 aromatic carbocycles. The smallest absolute Gasteiger partial charge is 0.407 e. The first-order chi connectivity index (χ1) is 14.1. The third-order valence-corrected chi connectivity index (χ3v) is 5.18. The Bertz CT molecular complexity index is 918. The zero-order chi connectivity index (χ0) is 22.1. The van der Waals surface area contributed by atoms with Gasteiger partial charge in [0.1, 0.15) is 22.6 Å². The Morgan fingerprint density at radius 2 is 2.07 bits per heavy atom. The van der Waals surface area contributed by atoms with Crippen molar-refractivity contribution in [1.82, 2.24) is 15.3 Å². The van der Waals surface area contributed by atoms with Crippen molar-refractivity contribution in [3.8, 4) is 5.88 Å². The van der Waals surface area contributed by atoms with Crippen LogP contribution in [0.1, 0.15) is 40.0 Å². The number of carbonyl (C=O) groups is 1. The topological polar surface area (TPSA) is 96.8 Å². The Morgan fingerprint density at radius 1 is 1.33 bits per heavy atom. The summed E-state index contributed by atoms with van der Waals surface area (Å²) in [6.45, 7) is 5.39. The minimum Gasteiger partial charge on any atom is -0.480 e. The van der Waals surface area contributed by atoms with Crippen molar-refractivity contribution in [3.63, 3.8) is 0 Å². The van der Waals surface area contributed by atoms with Crippen LogP contribution in [0.4, 0.5) is 14.9 Å². The van der Waals surface area contributed by atoms with Gasteiger partial charge >= 0.3 is 6.09 Å². The highest BCUT2D eigenvalue weighted by Gasteiger charge is 2.34. The Balaban J connectivity index is 1.75. The summed E-state index contributed by atoms with van der Waals surface area (Å²) in [7, 11) is 3.23. The standard InChI is InChI=1S/C21H29FN4O4/c1-21(2,3)30-20(28)24-12-6-9-15(16(27)10-12)26(4)19-13(22)7-8-14-18(19)23-11-17(25-14)29-5/h7-8,11-12,15-16,27H,6,9-10H2,1-5H3,(H,24,28)/t12?,15-,16+/m0/s1. The van der Waals surface area contributed by atoms with Crippen molar-refractivity contribution < 1.29 is 23.8 Å². The summed E-state index contributed by atoms with van der Waals surface area (Å²) in [6.07, 6.45) is 1.73. The molecular formula is C21H29FN4O4. The maximum absolute atomic E-state index is 14.7. The van der Waals surface area contributed by atoms with Gasteiger partial charge in [-0.2, -0.15) is 0 Å². The summed E-state index contributed by atoms with van der Waals surface area (Å²) < 4.78 is 25.1. The minimum absolute atomic E-state index is 0.207. The average Bonchev–Trinajstić information content (AvgIpc) is 2.65. The largest absolute Gasteiger partial charge is 0.480 e. The third kappa shape index (κ3) is 4.89. The molecule has 1 heterocycles. The molecule has 2 N–H and O–H groups in total. The van der Waals surface area contributed by atoms with E-state index in [4.69, 9.17) is 9.47 Å². The Morgan fingerprint density at radius 3 is 2.70 bits per heavy atom. The number of rotatable bonds is 4. The number of fused-ring (bicyclic) bond motifs is 1. The van der Waals surface area contributed by atoms with Gasteiger partial charge in [0.15, 0.2) is 0 Å². The molecule has 30 heavy (non-hydrogen) atoms. The molecule has 1 fully saturated rings. The van der Waals surface area contributed by atoms with E-state index in [9.17, 15) is 14.3 Å². The number of aromatic nitrogens is 2. The fourth-order valence-electron chi connectivity index (χ4n) is 3.82. The van der Waals surface area contributed by atoms with Crippen LogP contribution in [0.3, 0.4) is 0 Å². The molecule has 1 aliphatic carbocycles. The monoisotopic (exact) mass is 420 g/mol. The van der Waals surface area contributed by atoms with Crippen molar-refractivity contribution in [2.75, 3.05) is 19.1 Å². The van der Waals surface area contributed by atoms with E-state index in [1.54, 1.807) is 38.8 Å². The number of benzene rings is 1. The van der Waals surface area contributed by atoms with Crippen LogP contribution in [-0.4, -0.2) is 59.1 Å². The number of anilines is 1. The van der Waals surface area contributed by atoms with E-state index in [1.165, 1.54) is 19.4 Å². The average molecular weight is 420 g/mol. The normalized spacial score (nSPS) is 21.9. The van der Waals surface area contributed by atoms with Gasteiger partial charge < -0.3 is 24.8 Å². The molecule has 0 radical (unpaired) electrons. The van der Waals surface area contributed by atoms with Crippen LogP contribution < -0.4 is 15.0 Å². The number of halogens is 1. The van der Waals surface area contributed by atoms with Gasteiger partial charge in [-0.1, -0.05) is 0 Å². The summed E-state index contributed by atoms with van der Waals surface area (Å²) >= 11 is 0. The minimum atomic E-state index is -0.760. The van der Waals surface area contributed by atoms with Crippen LogP contribution in [-0.2, 0) is 4.74 Å². The lowest BCUT2D eigenvalue weighted by molar-refractivity contribution is 0.0427. The molecule has 0 spiro atoms. The van der Waals surface area contributed by atoms with Crippen LogP contribution in [0.5, 0.6) is 5.88 Å². The first-order valence-corrected chi connectivity index (χ1v) is 9.98. The molecular weight excluding hydrogens is 391 g/mol. The second kappa shape index (κ2) is 8.59. The number of methoxy groups -OCH3 is 1. The van der Waals surface area contributed by atoms with Crippen molar-refractivity contribution >= 4 is 22.8 Å². The molecule has 1 saturated carbocycles. The fourth-order valence-corrected chi connectivity index (χ4v) is 3.82. The molecule has 1 aromatic heterocycles. The molecule has 1 unspecified atom stereocenters. The predicted molar refractivity (Wildman–Crippen MR) is 111 cm³/mol.